The normalized spacial score (nSPS) is 12.1. The van der Waals surface area contributed by atoms with Gasteiger partial charge in [-0.25, -0.2) is 4.98 Å². The number of nitrogens with zero attached hydrogens (tertiary/aromatic N) is 1. The number of hydrogen-bond donors (Lipinski definition) is 0. The van der Waals surface area contributed by atoms with Crippen LogP contribution >= 0.6 is 0 Å². The summed E-state index contributed by atoms with van der Waals surface area (Å²) in [6, 6.07) is 8.45. The van der Waals surface area contributed by atoms with Gasteiger partial charge in [0, 0.05) is 11.5 Å². The van der Waals surface area contributed by atoms with Gasteiger partial charge < -0.3 is 4.42 Å². The van der Waals surface area contributed by atoms with Crippen molar-refractivity contribution in [2.24, 2.45) is 0 Å². The van der Waals surface area contributed by atoms with Crippen molar-refractivity contribution in [2.45, 2.75) is 46.0 Å². The second-order valence-corrected chi connectivity index (χ2v) is 6.05. The first-order chi connectivity index (χ1) is 8.38. The van der Waals surface area contributed by atoms with E-state index in [1.807, 2.05) is 6.20 Å². The first kappa shape index (κ1) is 12.9. The third-order valence-electron chi connectivity index (χ3n) is 3.09. The van der Waals surface area contributed by atoms with Crippen molar-refractivity contribution >= 4 is 0 Å². The van der Waals surface area contributed by atoms with E-state index in [9.17, 15) is 0 Å². The Labute approximate surface area is 109 Å². The van der Waals surface area contributed by atoms with Crippen molar-refractivity contribution in [3.05, 3.63) is 41.8 Å². The van der Waals surface area contributed by atoms with E-state index in [-0.39, 0.29) is 5.41 Å². The van der Waals surface area contributed by atoms with Gasteiger partial charge in [0.05, 0.1) is 6.20 Å². The highest BCUT2D eigenvalue weighted by Gasteiger charge is 2.14. The largest absolute Gasteiger partial charge is 0.441 e. The van der Waals surface area contributed by atoms with Crippen LogP contribution in [0, 0.1) is 0 Å². The average molecular weight is 243 g/mol. The number of rotatable bonds is 2. The Morgan fingerprint density at radius 2 is 1.67 bits per heavy atom. The Kier molecular flexibility index (Phi) is 3.29. The fourth-order valence-corrected chi connectivity index (χ4v) is 1.80. The zero-order chi connectivity index (χ0) is 13.3. The minimum absolute atomic E-state index is 0.179. The van der Waals surface area contributed by atoms with Gasteiger partial charge >= 0.3 is 0 Å². The Hall–Kier alpha value is -1.57. The highest BCUT2D eigenvalue weighted by atomic mass is 16.4. The van der Waals surface area contributed by atoms with Gasteiger partial charge in [-0.2, -0.15) is 0 Å². The molecule has 0 aliphatic rings. The fourth-order valence-electron chi connectivity index (χ4n) is 1.80. The van der Waals surface area contributed by atoms with E-state index in [0.29, 0.717) is 11.8 Å². The molecule has 1 heterocycles. The van der Waals surface area contributed by atoms with Gasteiger partial charge in [0.2, 0.25) is 5.89 Å². The smallest absolute Gasteiger partial charge is 0.226 e. The first-order valence-corrected chi connectivity index (χ1v) is 6.44. The Balaban J connectivity index is 2.29. The maximum absolute atomic E-state index is 5.75. The molecule has 0 spiro atoms. The Bertz CT molecular complexity index is 515. The molecule has 0 N–H and O–H groups in total. The molecule has 1 aromatic carbocycles. The second-order valence-electron chi connectivity index (χ2n) is 6.05. The van der Waals surface area contributed by atoms with Crippen molar-refractivity contribution in [1.29, 1.82) is 0 Å². The van der Waals surface area contributed by atoms with Crippen LogP contribution in [-0.4, -0.2) is 4.98 Å². The lowest BCUT2D eigenvalue weighted by atomic mass is 9.87. The molecular formula is C16H21NO. The number of hydrogen-bond acceptors (Lipinski definition) is 2. The average Bonchev–Trinajstić information content (AvgIpc) is 2.77. The van der Waals surface area contributed by atoms with Crippen LogP contribution in [0.5, 0.6) is 0 Å². The van der Waals surface area contributed by atoms with Crippen molar-refractivity contribution in [3.63, 3.8) is 0 Å². The number of oxazole rings is 1. The van der Waals surface area contributed by atoms with Crippen molar-refractivity contribution in [1.82, 2.24) is 4.98 Å². The minimum Gasteiger partial charge on any atom is -0.441 e. The van der Waals surface area contributed by atoms with Crippen molar-refractivity contribution < 1.29 is 4.42 Å². The lowest BCUT2D eigenvalue weighted by Crippen LogP contribution is -2.10. The van der Waals surface area contributed by atoms with Crippen LogP contribution < -0.4 is 0 Å². The maximum Gasteiger partial charge on any atom is 0.226 e. The molecule has 0 amide bonds. The SMILES string of the molecule is CC(C)c1cnc(-c2ccc(C(C)(C)C)cc2)o1. The van der Waals surface area contributed by atoms with E-state index in [1.54, 1.807) is 0 Å². The molecule has 0 atom stereocenters. The lowest BCUT2D eigenvalue weighted by molar-refractivity contribution is 0.495. The molecule has 0 aliphatic heterocycles. The van der Waals surface area contributed by atoms with Crippen LogP contribution in [0.25, 0.3) is 11.5 Å². The fraction of sp³-hybridized carbons (Fsp3) is 0.438. The summed E-state index contributed by atoms with van der Waals surface area (Å²) in [6.45, 7) is 10.8. The summed E-state index contributed by atoms with van der Waals surface area (Å²) in [6.07, 6.45) is 1.82. The molecule has 2 heteroatoms. The van der Waals surface area contributed by atoms with Gasteiger partial charge in [-0.3, -0.25) is 0 Å². The summed E-state index contributed by atoms with van der Waals surface area (Å²) in [5, 5.41) is 0. The van der Waals surface area contributed by atoms with Gasteiger partial charge in [0.1, 0.15) is 5.76 Å². The highest BCUT2D eigenvalue weighted by Crippen LogP contribution is 2.27. The quantitative estimate of drug-likeness (QED) is 0.759. The number of benzene rings is 1. The first-order valence-electron chi connectivity index (χ1n) is 6.44. The van der Waals surface area contributed by atoms with Gasteiger partial charge in [-0.15, -0.1) is 0 Å². The predicted molar refractivity (Wildman–Crippen MR) is 74.7 cm³/mol. The molecule has 0 bridgehead atoms. The molecular weight excluding hydrogens is 222 g/mol. The molecule has 2 aromatic rings. The molecule has 0 unspecified atom stereocenters. The predicted octanol–water partition coefficient (Wildman–Crippen LogP) is 4.76. The summed E-state index contributed by atoms with van der Waals surface area (Å²) in [5.41, 5.74) is 2.54. The third-order valence-corrected chi connectivity index (χ3v) is 3.09. The highest BCUT2D eigenvalue weighted by molar-refractivity contribution is 5.54. The molecule has 1 aromatic heterocycles. The standard InChI is InChI=1S/C16H21NO/c1-11(2)14-10-17-15(18-14)12-6-8-13(9-7-12)16(3,4)5/h6-11H,1-5H3. The molecule has 96 valence electrons. The van der Waals surface area contributed by atoms with Crippen molar-refractivity contribution in [2.75, 3.05) is 0 Å². The van der Waals surface area contributed by atoms with Crippen LogP contribution in [0.4, 0.5) is 0 Å². The molecule has 0 saturated carbocycles. The van der Waals surface area contributed by atoms with E-state index < -0.39 is 0 Å². The molecule has 2 rings (SSSR count). The van der Waals surface area contributed by atoms with Crippen LogP contribution in [-0.2, 0) is 5.41 Å². The monoisotopic (exact) mass is 243 g/mol. The van der Waals surface area contributed by atoms with Gasteiger partial charge in [-0.05, 0) is 23.1 Å². The Morgan fingerprint density at radius 1 is 1.06 bits per heavy atom. The van der Waals surface area contributed by atoms with Gasteiger partial charge in [-0.1, -0.05) is 46.8 Å². The van der Waals surface area contributed by atoms with Crippen LogP contribution in [0.3, 0.4) is 0 Å². The van der Waals surface area contributed by atoms with E-state index in [0.717, 1.165) is 11.3 Å². The Morgan fingerprint density at radius 3 is 2.11 bits per heavy atom. The summed E-state index contributed by atoms with van der Waals surface area (Å²) < 4.78 is 5.75. The number of aromatic nitrogens is 1. The summed E-state index contributed by atoms with van der Waals surface area (Å²) in [7, 11) is 0. The van der Waals surface area contributed by atoms with Gasteiger partial charge in [0.25, 0.3) is 0 Å². The summed E-state index contributed by atoms with van der Waals surface area (Å²) >= 11 is 0. The van der Waals surface area contributed by atoms with Crippen LogP contribution in [0.15, 0.2) is 34.9 Å². The zero-order valence-electron chi connectivity index (χ0n) is 11.8. The summed E-state index contributed by atoms with van der Waals surface area (Å²) in [4.78, 5) is 4.33. The topological polar surface area (TPSA) is 26.0 Å². The molecule has 2 nitrogen and oxygen atoms in total. The lowest BCUT2D eigenvalue weighted by Gasteiger charge is -2.18. The molecule has 0 radical (unpaired) electrons. The van der Waals surface area contributed by atoms with Gasteiger partial charge in [0.15, 0.2) is 0 Å². The third kappa shape index (κ3) is 2.63. The second kappa shape index (κ2) is 4.60. The van der Waals surface area contributed by atoms with E-state index >= 15 is 0 Å². The van der Waals surface area contributed by atoms with Crippen LogP contribution in [0.1, 0.15) is 51.9 Å². The van der Waals surface area contributed by atoms with E-state index in [2.05, 4.69) is 63.9 Å². The maximum atomic E-state index is 5.75. The summed E-state index contributed by atoms with van der Waals surface area (Å²) in [5.74, 6) is 2.02. The van der Waals surface area contributed by atoms with E-state index in [1.165, 1.54) is 5.56 Å². The molecule has 0 saturated heterocycles. The molecule has 18 heavy (non-hydrogen) atoms. The minimum atomic E-state index is 0.179. The molecule has 0 aliphatic carbocycles. The van der Waals surface area contributed by atoms with Crippen LogP contribution in [0.2, 0.25) is 0 Å². The zero-order valence-corrected chi connectivity index (χ0v) is 11.8. The van der Waals surface area contributed by atoms with Crippen molar-refractivity contribution in [3.8, 4) is 11.5 Å². The van der Waals surface area contributed by atoms with E-state index in [4.69, 9.17) is 4.42 Å². The molecule has 0 fully saturated rings.